The zero-order valence-corrected chi connectivity index (χ0v) is 19.5. The van der Waals surface area contributed by atoms with E-state index >= 15 is 0 Å². The number of carbonyl (C=O) groups excluding carboxylic acids is 1. The van der Waals surface area contributed by atoms with Crippen LogP contribution < -0.4 is 0 Å². The molecule has 2 aliphatic rings. The number of allylic oxidation sites excluding steroid dienone is 1. The monoisotopic (exact) mass is 462 g/mol. The van der Waals surface area contributed by atoms with Gasteiger partial charge in [0, 0.05) is 23.5 Å². The SMILES string of the molecule is C1CCCC1.CC(=O)CC(=C(c1ccc(O)cc1)c1ccc(O)cc1)C1CCCC1.[Fe]. The summed E-state index contributed by atoms with van der Waals surface area (Å²) in [6, 6.07) is 14.3. The third-order valence-corrected chi connectivity index (χ3v) is 6.17. The number of ketones is 1. The van der Waals surface area contributed by atoms with Gasteiger partial charge in [0.25, 0.3) is 0 Å². The minimum atomic E-state index is 0. The number of Topliss-reactive ketones (excluding diaryl/α,β-unsaturated/α-hetero) is 1. The normalized spacial score (nSPS) is 15.5. The van der Waals surface area contributed by atoms with Crippen molar-refractivity contribution in [3.05, 3.63) is 65.2 Å². The molecule has 4 heteroatoms. The molecule has 0 unspecified atom stereocenters. The second kappa shape index (κ2) is 12.7. The van der Waals surface area contributed by atoms with Crippen LogP contribution >= 0.6 is 0 Å². The number of phenolic OH excluding ortho intramolecular Hbond substituents is 2. The van der Waals surface area contributed by atoms with Gasteiger partial charge in [-0.2, -0.15) is 0 Å². The average molecular weight is 462 g/mol. The smallest absolute Gasteiger partial charge is 0.133 e. The molecule has 0 heterocycles. The Hall–Kier alpha value is -2.03. The summed E-state index contributed by atoms with van der Waals surface area (Å²) in [6.07, 6.45) is 12.6. The van der Waals surface area contributed by atoms with Crippen LogP contribution in [0.3, 0.4) is 0 Å². The molecule has 0 amide bonds. The summed E-state index contributed by atoms with van der Waals surface area (Å²) < 4.78 is 0. The van der Waals surface area contributed by atoms with Gasteiger partial charge in [0.05, 0.1) is 0 Å². The van der Waals surface area contributed by atoms with Crippen molar-refractivity contribution in [2.45, 2.75) is 71.1 Å². The fourth-order valence-electron chi connectivity index (χ4n) is 4.66. The molecule has 0 spiro atoms. The van der Waals surface area contributed by atoms with Crippen LogP contribution in [0, 0.1) is 5.92 Å². The van der Waals surface area contributed by atoms with E-state index in [2.05, 4.69) is 0 Å². The van der Waals surface area contributed by atoms with Crippen molar-refractivity contribution in [3.8, 4) is 11.5 Å². The van der Waals surface area contributed by atoms with E-state index in [0.717, 1.165) is 29.5 Å². The molecule has 2 aliphatic carbocycles. The van der Waals surface area contributed by atoms with Crippen molar-refractivity contribution >= 4 is 11.4 Å². The van der Waals surface area contributed by atoms with Crippen molar-refractivity contribution in [3.63, 3.8) is 0 Å². The van der Waals surface area contributed by atoms with Gasteiger partial charge in [-0.3, -0.25) is 4.79 Å². The first-order chi connectivity index (χ1) is 14.5. The van der Waals surface area contributed by atoms with Gasteiger partial charge in [-0.05, 0) is 66.6 Å². The maximum atomic E-state index is 12.0. The number of carbonyl (C=O) groups is 1. The van der Waals surface area contributed by atoms with E-state index in [0.29, 0.717) is 12.3 Å². The van der Waals surface area contributed by atoms with Crippen LogP contribution in [-0.4, -0.2) is 16.0 Å². The van der Waals surface area contributed by atoms with Crippen LogP contribution in [0.25, 0.3) is 5.57 Å². The van der Waals surface area contributed by atoms with E-state index in [1.165, 1.54) is 50.5 Å². The number of benzene rings is 2. The summed E-state index contributed by atoms with van der Waals surface area (Å²) in [6.45, 7) is 1.64. The zero-order valence-electron chi connectivity index (χ0n) is 18.4. The van der Waals surface area contributed by atoms with Gasteiger partial charge in [0.2, 0.25) is 0 Å². The molecule has 0 saturated heterocycles. The molecular formula is C27H34FeO3. The fourth-order valence-corrected chi connectivity index (χ4v) is 4.66. The molecule has 0 radical (unpaired) electrons. The summed E-state index contributed by atoms with van der Waals surface area (Å²) in [5.74, 6) is 1.03. The van der Waals surface area contributed by atoms with E-state index in [1.54, 1.807) is 31.2 Å². The molecule has 31 heavy (non-hydrogen) atoms. The second-order valence-corrected chi connectivity index (χ2v) is 8.62. The van der Waals surface area contributed by atoms with Crippen molar-refractivity contribution < 1.29 is 32.1 Å². The van der Waals surface area contributed by atoms with Crippen LogP contribution in [0.4, 0.5) is 0 Å². The van der Waals surface area contributed by atoms with Gasteiger partial charge < -0.3 is 10.2 Å². The van der Waals surface area contributed by atoms with Gasteiger partial charge in [0.1, 0.15) is 17.3 Å². The van der Waals surface area contributed by atoms with Gasteiger partial charge >= 0.3 is 0 Å². The Morgan fingerprint density at radius 3 is 1.48 bits per heavy atom. The van der Waals surface area contributed by atoms with E-state index in [1.807, 2.05) is 24.3 Å². The molecule has 2 aromatic rings. The number of rotatable bonds is 5. The molecule has 0 aromatic heterocycles. The van der Waals surface area contributed by atoms with Crippen molar-refractivity contribution in [2.24, 2.45) is 5.92 Å². The third-order valence-electron chi connectivity index (χ3n) is 6.17. The largest absolute Gasteiger partial charge is 0.508 e. The maximum absolute atomic E-state index is 12.0. The Labute approximate surface area is 197 Å². The Morgan fingerprint density at radius 1 is 0.742 bits per heavy atom. The first-order valence-corrected chi connectivity index (χ1v) is 11.4. The predicted molar refractivity (Wildman–Crippen MR) is 123 cm³/mol. The molecular weight excluding hydrogens is 428 g/mol. The number of phenols is 2. The van der Waals surface area contributed by atoms with Crippen molar-refractivity contribution in [1.29, 1.82) is 0 Å². The Bertz CT molecular complexity index is 788. The van der Waals surface area contributed by atoms with E-state index in [4.69, 9.17) is 0 Å². The Balaban J connectivity index is 0.000000501. The average Bonchev–Trinajstić information content (AvgIpc) is 3.47. The van der Waals surface area contributed by atoms with Gasteiger partial charge in [-0.25, -0.2) is 0 Å². The third kappa shape index (κ3) is 7.55. The topological polar surface area (TPSA) is 57.5 Å². The molecule has 4 rings (SSSR count). The molecule has 0 atom stereocenters. The van der Waals surface area contributed by atoms with Crippen LogP contribution in [0.5, 0.6) is 11.5 Å². The van der Waals surface area contributed by atoms with Crippen molar-refractivity contribution in [2.75, 3.05) is 0 Å². The van der Waals surface area contributed by atoms with Gasteiger partial charge in [-0.15, -0.1) is 0 Å². The summed E-state index contributed by atoms with van der Waals surface area (Å²) in [5, 5.41) is 19.3. The first kappa shape index (κ1) is 25.2. The molecule has 2 aromatic carbocycles. The quantitative estimate of drug-likeness (QED) is 0.470. The minimum absolute atomic E-state index is 0. The number of hydrogen-bond donors (Lipinski definition) is 2. The standard InChI is InChI=1S/C22H24O3.C5H10.Fe/c1-15(23)14-21(16-4-2-3-5-16)22(17-6-10-19(24)11-7-17)18-8-12-20(25)13-9-18;1-2-4-5-3-1;/h6-13,16,24-25H,2-5,14H2,1H3;1-5H2;. The summed E-state index contributed by atoms with van der Waals surface area (Å²) >= 11 is 0. The molecule has 2 fully saturated rings. The molecule has 0 bridgehead atoms. The van der Waals surface area contributed by atoms with E-state index in [-0.39, 0.29) is 34.4 Å². The molecule has 2 saturated carbocycles. The number of aromatic hydroxyl groups is 2. The molecule has 168 valence electrons. The van der Waals surface area contributed by atoms with Crippen LogP contribution in [0.2, 0.25) is 0 Å². The van der Waals surface area contributed by atoms with Crippen LogP contribution in [0.1, 0.15) is 82.3 Å². The number of hydrogen-bond acceptors (Lipinski definition) is 3. The minimum Gasteiger partial charge on any atom is -0.508 e. The van der Waals surface area contributed by atoms with Gasteiger partial charge in [-0.1, -0.05) is 74.8 Å². The molecule has 0 aliphatic heterocycles. The molecule has 3 nitrogen and oxygen atoms in total. The molecule has 2 N–H and O–H groups in total. The maximum Gasteiger partial charge on any atom is 0.133 e. The predicted octanol–water partition coefficient (Wildman–Crippen LogP) is 7.02. The fraction of sp³-hybridized carbons (Fsp3) is 0.444. The summed E-state index contributed by atoms with van der Waals surface area (Å²) in [5.41, 5.74) is 4.22. The van der Waals surface area contributed by atoms with E-state index in [9.17, 15) is 15.0 Å². The van der Waals surface area contributed by atoms with Crippen LogP contribution in [0.15, 0.2) is 54.1 Å². The second-order valence-electron chi connectivity index (χ2n) is 8.62. The Morgan fingerprint density at radius 2 is 1.13 bits per heavy atom. The summed E-state index contributed by atoms with van der Waals surface area (Å²) in [4.78, 5) is 12.0. The van der Waals surface area contributed by atoms with E-state index < -0.39 is 0 Å². The first-order valence-electron chi connectivity index (χ1n) is 11.4. The Kier molecular flexibility index (Phi) is 10.4. The summed E-state index contributed by atoms with van der Waals surface area (Å²) in [7, 11) is 0. The van der Waals surface area contributed by atoms with Gasteiger partial charge in [0.15, 0.2) is 0 Å². The zero-order chi connectivity index (χ0) is 21.3. The van der Waals surface area contributed by atoms with Crippen LogP contribution in [-0.2, 0) is 21.9 Å². The van der Waals surface area contributed by atoms with Crippen molar-refractivity contribution in [1.82, 2.24) is 0 Å².